The Labute approximate surface area is 102 Å². The Kier molecular flexibility index (Phi) is 4.02. The molecule has 0 spiro atoms. The molecular formula is C12H18ClN3. The average Bonchev–Trinajstić information content (AvgIpc) is 2.34. The number of halogens is 1. The van der Waals surface area contributed by atoms with E-state index in [1.165, 1.54) is 12.8 Å². The fraction of sp³-hybridized carbons (Fsp3) is 0.583. The quantitative estimate of drug-likeness (QED) is 0.878. The van der Waals surface area contributed by atoms with Gasteiger partial charge < -0.3 is 10.2 Å². The third-order valence-corrected chi connectivity index (χ3v) is 3.40. The second-order valence-electron chi connectivity index (χ2n) is 4.11. The number of likely N-dealkylation sites (N-methyl/N-ethyl adjacent to an activating group) is 1. The van der Waals surface area contributed by atoms with Crippen LogP contribution in [-0.4, -0.2) is 30.7 Å². The van der Waals surface area contributed by atoms with Gasteiger partial charge in [-0.05, 0) is 32.4 Å². The lowest BCUT2D eigenvalue weighted by molar-refractivity contribution is 0.435. The number of rotatable bonds is 3. The van der Waals surface area contributed by atoms with Crippen LogP contribution in [0, 0.1) is 0 Å². The first-order valence-corrected chi connectivity index (χ1v) is 6.27. The van der Waals surface area contributed by atoms with Gasteiger partial charge in [-0.25, -0.2) is 0 Å². The molecule has 0 saturated carbocycles. The monoisotopic (exact) mass is 239 g/mol. The third kappa shape index (κ3) is 2.47. The fourth-order valence-electron chi connectivity index (χ4n) is 2.33. The molecule has 0 radical (unpaired) electrons. The lowest BCUT2D eigenvalue weighted by Gasteiger charge is -2.36. The molecule has 1 saturated heterocycles. The molecular weight excluding hydrogens is 222 g/mol. The van der Waals surface area contributed by atoms with Crippen LogP contribution in [0.2, 0.25) is 5.02 Å². The molecule has 1 aliphatic rings. The van der Waals surface area contributed by atoms with E-state index >= 15 is 0 Å². The lowest BCUT2D eigenvalue weighted by atomic mass is 10.1. The van der Waals surface area contributed by atoms with Gasteiger partial charge in [0.15, 0.2) is 0 Å². The van der Waals surface area contributed by atoms with E-state index in [0.717, 1.165) is 30.3 Å². The van der Waals surface area contributed by atoms with Crippen LogP contribution in [0.3, 0.4) is 0 Å². The van der Waals surface area contributed by atoms with Crippen LogP contribution in [0.1, 0.15) is 19.8 Å². The third-order valence-electron chi connectivity index (χ3n) is 3.11. The maximum Gasteiger partial charge on any atom is 0.0822 e. The van der Waals surface area contributed by atoms with Gasteiger partial charge in [0.2, 0.25) is 0 Å². The molecule has 1 N–H and O–H groups in total. The average molecular weight is 240 g/mol. The topological polar surface area (TPSA) is 28.2 Å². The van der Waals surface area contributed by atoms with Gasteiger partial charge in [0, 0.05) is 31.5 Å². The number of pyridine rings is 1. The second-order valence-corrected chi connectivity index (χ2v) is 4.52. The molecule has 88 valence electrons. The van der Waals surface area contributed by atoms with E-state index in [9.17, 15) is 0 Å². The highest BCUT2D eigenvalue weighted by Gasteiger charge is 2.21. The van der Waals surface area contributed by atoms with Gasteiger partial charge in [-0.1, -0.05) is 11.6 Å². The standard InChI is InChI=1S/C12H18ClN3/c1-2-16(10-4-3-6-14-8-10)12-5-7-15-9-11(12)13/h5,7,9-10,14H,2-4,6,8H2,1H3. The maximum absolute atomic E-state index is 6.19. The van der Waals surface area contributed by atoms with Crippen LogP contribution in [0.5, 0.6) is 0 Å². The number of nitrogens with one attached hydrogen (secondary N) is 1. The minimum Gasteiger partial charge on any atom is -0.366 e. The van der Waals surface area contributed by atoms with Crippen molar-refractivity contribution >= 4 is 17.3 Å². The molecule has 16 heavy (non-hydrogen) atoms. The molecule has 2 heterocycles. The van der Waals surface area contributed by atoms with Crippen molar-refractivity contribution in [3.63, 3.8) is 0 Å². The lowest BCUT2D eigenvalue weighted by Crippen LogP contribution is -2.46. The fourth-order valence-corrected chi connectivity index (χ4v) is 2.55. The summed E-state index contributed by atoms with van der Waals surface area (Å²) in [6, 6.07) is 2.55. The summed E-state index contributed by atoms with van der Waals surface area (Å²) >= 11 is 6.19. The molecule has 1 fully saturated rings. The van der Waals surface area contributed by atoms with Crippen molar-refractivity contribution < 1.29 is 0 Å². The van der Waals surface area contributed by atoms with Gasteiger partial charge in [-0.2, -0.15) is 0 Å². The van der Waals surface area contributed by atoms with Crippen molar-refractivity contribution in [3.05, 3.63) is 23.5 Å². The van der Waals surface area contributed by atoms with Gasteiger partial charge >= 0.3 is 0 Å². The molecule has 1 aliphatic heterocycles. The Balaban J connectivity index is 2.18. The van der Waals surface area contributed by atoms with Crippen molar-refractivity contribution in [2.75, 3.05) is 24.5 Å². The number of anilines is 1. The van der Waals surface area contributed by atoms with E-state index in [4.69, 9.17) is 11.6 Å². The Hall–Kier alpha value is -0.800. The van der Waals surface area contributed by atoms with Gasteiger partial charge in [0.1, 0.15) is 0 Å². The van der Waals surface area contributed by atoms with Crippen LogP contribution in [0.25, 0.3) is 0 Å². The highest BCUT2D eigenvalue weighted by Crippen LogP contribution is 2.27. The molecule has 0 bridgehead atoms. The van der Waals surface area contributed by atoms with E-state index in [1.54, 1.807) is 12.4 Å². The molecule has 1 unspecified atom stereocenters. The van der Waals surface area contributed by atoms with Crippen molar-refractivity contribution in [1.82, 2.24) is 10.3 Å². The summed E-state index contributed by atoms with van der Waals surface area (Å²) in [6.45, 7) is 5.34. The first-order valence-electron chi connectivity index (χ1n) is 5.89. The maximum atomic E-state index is 6.19. The second kappa shape index (κ2) is 5.51. The number of nitrogens with zero attached hydrogens (tertiary/aromatic N) is 2. The minimum atomic E-state index is 0.554. The summed E-state index contributed by atoms with van der Waals surface area (Å²) in [5.74, 6) is 0. The molecule has 4 heteroatoms. The summed E-state index contributed by atoms with van der Waals surface area (Å²) < 4.78 is 0. The van der Waals surface area contributed by atoms with Gasteiger partial charge in [0.25, 0.3) is 0 Å². The largest absolute Gasteiger partial charge is 0.366 e. The summed E-state index contributed by atoms with van der Waals surface area (Å²) in [4.78, 5) is 6.40. The van der Waals surface area contributed by atoms with E-state index < -0.39 is 0 Å². The Morgan fingerprint density at radius 3 is 3.12 bits per heavy atom. The van der Waals surface area contributed by atoms with Crippen molar-refractivity contribution in [1.29, 1.82) is 0 Å². The molecule has 3 nitrogen and oxygen atoms in total. The zero-order valence-corrected chi connectivity index (χ0v) is 10.4. The van der Waals surface area contributed by atoms with E-state index in [2.05, 4.69) is 22.1 Å². The Morgan fingerprint density at radius 1 is 1.62 bits per heavy atom. The number of aromatic nitrogens is 1. The van der Waals surface area contributed by atoms with E-state index in [-0.39, 0.29) is 0 Å². The summed E-state index contributed by atoms with van der Waals surface area (Å²) in [5.41, 5.74) is 1.10. The van der Waals surface area contributed by atoms with Crippen LogP contribution in [0.4, 0.5) is 5.69 Å². The first-order chi connectivity index (χ1) is 7.83. The molecule has 2 rings (SSSR count). The Bertz CT molecular complexity index is 337. The SMILES string of the molecule is CCN(c1ccncc1Cl)C1CCCNC1. The number of hydrogen-bond acceptors (Lipinski definition) is 3. The molecule has 0 aromatic carbocycles. The number of hydrogen-bond donors (Lipinski definition) is 1. The van der Waals surface area contributed by atoms with E-state index in [0.29, 0.717) is 6.04 Å². The van der Waals surface area contributed by atoms with Crippen molar-refractivity contribution in [3.8, 4) is 0 Å². The summed E-state index contributed by atoms with van der Waals surface area (Å²) in [7, 11) is 0. The molecule has 0 amide bonds. The van der Waals surface area contributed by atoms with Gasteiger partial charge in [-0.3, -0.25) is 4.98 Å². The highest BCUT2D eigenvalue weighted by atomic mass is 35.5. The van der Waals surface area contributed by atoms with Crippen molar-refractivity contribution in [2.24, 2.45) is 0 Å². The minimum absolute atomic E-state index is 0.554. The van der Waals surface area contributed by atoms with Crippen LogP contribution in [0.15, 0.2) is 18.5 Å². The molecule has 1 aromatic rings. The number of piperidine rings is 1. The van der Waals surface area contributed by atoms with Crippen molar-refractivity contribution in [2.45, 2.75) is 25.8 Å². The molecule has 0 aliphatic carbocycles. The molecule has 1 atom stereocenters. The molecule has 1 aromatic heterocycles. The Morgan fingerprint density at radius 2 is 2.50 bits per heavy atom. The zero-order valence-electron chi connectivity index (χ0n) is 9.62. The van der Waals surface area contributed by atoms with Gasteiger partial charge in [0.05, 0.1) is 10.7 Å². The highest BCUT2D eigenvalue weighted by molar-refractivity contribution is 6.33. The predicted octanol–water partition coefficient (Wildman–Crippen LogP) is 2.31. The van der Waals surface area contributed by atoms with Crippen LogP contribution in [-0.2, 0) is 0 Å². The van der Waals surface area contributed by atoms with Gasteiger partial charge in [-0.15, -0.1) is 0 Å². The summed E-state index contributed by atoms with van der Waals surface area (Å²) in [5, 5.41) is 4.18. The first kappa shape index (κ1) is 11.7. The normalized spacial score (nSPS) is 20.8. The van der Waals surface area contributed by atoms with E-state index in [1.807, 2.05) is 6.07 Å². The van der Waals surface area contributed by atoms with Crippen LogP contribution >= 0.6 is 11.6 Å². The summed E-state index contributed by atoms with van der Waals surface area (Å²) in [6.07, 6.45) is 6.00. The predicted molar refractivity (Wildman–Crippen MR) is 68.2 cm³/mol. The smallest absolute Gasteiger partial charge is 0.0822 e. The van der Waals surface area contributed by atoms with Crippen LogP contribution < -0.4 is 10.2 Å². The zero-order chi connectivity index (χ0) is 11.4.